The van der Waals surface area contributed by atoms with Crippen molar-refractivity contribution in [1.29, 1.82) is 0 Å². The standard InChI is InChI=1S/C25H34F2N.C9H20.C2H6.U/c1-6-9-13-19(5)22(18(4)11-7-2)16-24(27)21(12-8-3)25-20(17-28)14-10-15-23(25)26;1-4-6-7-8-9(3)5-2;1-2;/h10-12,14-16,28H,6-9,13,17H2,1-5H3;9H,4-8H2,1-3H3;1-2H3;/q-1;;;/b18-11+,21-12+,22-19-,24-16+;;;. The van der Waals surface area contributed by atoms with Gasteiger partial charge in [-0.1, -0.05) is 129 Å². The number of rotatable bonds is 15. The van der Waals surface area contributed by atoms with Gasteiger partial charge >= 0.3 is 0 Å². The molecule has 0 aliphatic rings. The van der Waals surface area contributed by atoms with E-state index in [9.17, 15) is 4.39 Å². The van der Waals surface area contributed by atoms with Crippen molar-refractivity contribution in [2.45, 2.75) is 140 Å². The van der Waals surface area contributed by atoms with Crippen molar-refractivity contribution in [1.82, 2.24) is 0 Å². The Hall–Kier alpha value is -0.948. The summed E-state index contributed by atoms with van der Waals surface area (Å²) in [7, 11) is 0. The second-order valence-electron chi connectivity index (χ2n) is 10.1. The van der Waals surface area contributed by atoms with Crippen LogP contribution in [0.1, 0.15) is 145 Å². The van der Waals surface area contributed by atoms with Gasteiger partial charge in [-0.05, 0) is 68.7 Å². The summed E-state index contributed by atoms with van der Waals surface area (Å²) >= 11 is 0. The predicted molar refractivity (Wildman–Crippen MR) is 173 cm³/mol. The summed E-state index contributed by atoms with van der Waals surface area (Å²) in [4.78, 5) is 0. The maximum absolute atomic E-state index is 15.5. The molecular formula is C36H60F2NU-. The predicted octanol–water partition coefficient (Wildman–Crippen LogP) is 13.5. The van der Waals surface area contributed by atoms with E-state index in [1.54, 1.807) is 24.3 Å². The average Bonchev–Trinajstić information content (AvgIpc) is 2.94. The first-order chi connectivity index (χ1) is 18.7. The molecule has 0 amide bonds. The van der Waals surface area contributed by atoms with Crippen LogP contribution in [0.5, 0.6) is 0 Å². The van der Waals surface area contributed by atoms with Crippen LogP contribution < -0.4 is 0 Å². The van der Waals surface area contributed by atoms with Crippen molar-refractivity contribution in [3.05, 3.63) is 81.7 Å². The van der Waals surface area contributed by atoms with E-state index in [4.69, 9.17) is 5.73 Å². The Morgan fingerprint density at radius 2 is 1.52 bits per heavy atom. The number of nitrogens with one attached hydrogen (secondary N) is 1. The smallest absolute Gasteiger partial charge is 0.131 e. The molecule has 1 rings (SSSR count). The Labute approximate surface area is 271 Å². The molecule has 0 fully saturated rings. The molecule has 40 heavy (non-hydrogen) atoms. The van der Waals surface area contributed by atoms with E-state index in [0.717, 1.165) is 48.3 Å². The minimum Gasteiger partial charge on any atom is -0.674 e. The van der Waals surface area contributed by atoms with Crippen LogP contribution in [-0.4, -0.2) is 0 Å². The zero-order chi connectivity index (χ0) is 30.2. The number of unbranched alkanes of at least 4 members (excludes halogenated alkanes) is 3. The average molecular weight is 783 g/mol. The van der Waals surface area contributed by atoms with E-state index in [0.29, 0.717) is 12.0 Å². The SMILES string of the molecule is CC.CCCCCC(C)CC.CC\C=C(/C(F)=C\C(=C(/C)CCCC)C(\C)=C\CC)c1c(F)cccc1C[NH-].[U]. The van der Waals surface area contributed by atoms with Crippen LogP contribution in [0.4, 0.5) is 8.78 Å². The third kappa shape index (κ3) is 17.8. The summed E-state index contributed by atoms with van der Waals surface area (Å²) in [5.41, 5.74) is 11.7. The molecular weight excluding hydrogens is 722 g/mol. The van der Waals surface area contributed by atoms with Crippen LogP contribution in [0, 0.1) is 42.8 Å². The van der Waals surface area contributed by atoms with Gasteiger partial charge in [0.1, 0.15) is 11.6 Å². The molecule has 1 atom stereocenters. The monoisotopic (exact) mass is 783 g/mol. The number of hydrogen-bond acceptors (Lipinski definition) is 0. The fraction of sp³-hybridized carbons (Fsp3) is 0.611. The van der Waals surface area contributed by atoms with Crippen molar-refractivity contribution in [2.24, 2.45) is 5.92 Å². The fourth-order valence-electron chi connectivity index (χ4n) is 4.26. The van der Waals surface area contributed by atoms with Crippen LogP contribution >= 0.6 is 0 Å². The minimum atomic E-state index is -0.484. The number of benzene rings is 1. The Kier molecular flexibility index (Phi) is 30.7. The Morgan fingerprint density at radius 1 is 0.925 bits per heavy atom. The van der Waals surface area contributed by atoms with E-state index < -0.39 is 11.6 Å². The zero-order valence-electron chi connectivity index (χ0n) is 27.6. The van der Waals surface area contributed by atoms with Crippen molar-refractivity contribution >= 4 is 5.57 Å². The summed E-state index contributed by atoms with van der Waals surface area (Å²) in [6, 6.07) is 4.59. The molecule has 0 aliphatic carbocycles. The first kappa shape index (κ1) is 43.5. The normalized spacial score (nSPS) is 13.3. The second kappa shape index (κ2) is 28.2. The number of allylic oxidation sites excluding steroid dienone is 8. The van der Waals surface area contributed by atoms with Crippen molar-refractivity contribution in [3.8, 4) is 0 Å². The Bertz CT molecular complexity index is 896. The van der Waals surface area contributed by atoms with Crippen LogP contribution in [0.15, 0.2) is 59.0 Å². The summed E-state index contributed by atoms with van der Waals surface area (Å²) in [5.74, 6) is 0.0231. The van der Waals surface area contributed by atoms with Gasteiger partial charge in [-0.3, -0.25) is 0 Å². The second-order valence-corrected chi connectivity index (χ2v) is 10.1. The maximum Gasteiger partial charge on any atom is 0.131 e. The third-order valence-electron chi connectivity index (χ3n) is 6.79. The van der Waals surface area contributed by atoms with Crippen LogP contribution in [0.2, 0.25) is 0 Å². The van der Waals surface area contributed by atoms with Gasteiger partial charge in [-0.2, -0.15) is 0 Å². The first-order valence-electron chi connectivity index (χ1n) is 15.6. The molecule has 1 aromatic rings. The van der Waals surface area contributed by atoms with Crippen molar-refractivity contribution in [2.75, 3.05) is 0 Å². The largest absolute Gasteiger partial charge is 0.674 e. The molecule has 228 valence electrons. The molecule has 0 aromatic heterocycles. The Morgan fingerprint density at radius 3 is 2.02 bits per heavy atom. The maximum atomic E-state index is 15.5. The molecule has 0 heterocycles. The van der Waals surface area contributed by atoms with Crippen LogP contribution in [0.3, 0.4) is 0 Å². The topological polar surface area (TPSA) is 23.8 Å². The summed E-state index contributed by atoms with van der Waals surface area (Å²) in [6.45, 7) is 20.9. The van der Waals surface area contributed by atoms with Gasteiger partial charge in [0.15, 0.2) is 0 Å². The number of halogens is 2. The van der Waals surface area contributed by atoms with Gasteiger partial charge in [0.2, 0.25) is 0 Å². The van der Waals surface area contributed by atoms with Crippen LogP contribution in [-0.2, 0) is 6.54 Å². The molecule has 1 N–H and O–H groups in total. The van der Waals surface area contributed by atoms with E-state index in [2.05, 4.69) is 40.7 Å². The third-order valence-corrected chi connectivity index (χ3v) is 6.79. The number of hydrogen-bond donors (Lipinski definition) is 0. The Balaban J connectivity index is -0.000000969. The molecule has 0 saturated carbocycles. The van der Waals surface area contributed by atoms with Gasteiger partial charge in [-0.25, -0.2) is 8.78 Å². The molecule has 1 unspecified atom stereocenters. The van der Waals surface area contributed by atoms with E-state index in [1.807, 2.05) is 34.6 Å². The first-order valence-corrected chi connectivity index (χ1v) is 15.6. The molecule has 0 bridgehead atoms. The summed E-state index contributed by atoms with van der Waals surface area (Å²) < 4.78 is 30.0. The molecule has 0 saturated heterocycles. The minimum absolute atomic E-state index is 0. The van der Waals surface area contributed by atoms with E-state index in [-0.39, 0.29) is 48.8 Å². The molecule has 1 aromatic carbocycles. The molecule has 0 radical (unpaired) electrons. The van der Waals surface area contributed by atoms with Crippen molar-refractivity contribution in [3.63, 3.8) is 0 Å². The molecule has 0 spiro atoms. The summed E-state index contributed by atoms with van der Waals surface area (Å²) in [5, 5.41) is 0. The van der Waals surface area contributed by atoms with Gasteiger partial charge < -0.3 is 5.73 Å². The van der Waals surface area contributed by atoms with E-state index >= 15 is 4.39 Å². The van der Waals surface area contributed by atoms with Gasteiger partial charge in [0.25, 0.3) is 0 Å². The molecule has 0 aliphatic heterocycles. The molecule has 4 heteroatoms. The van der Waals surface area contributed by atoms with Gasteiger partial charge in [0.05, 0.1) is 0 Å². The zero-order valence-corrected chi connectivity index (χ0v) is 31.7. The summed E-state index contributed by atoms with van der Waals surface area (Å²) in [6.07, 6.45) is 16.9. The molecule has 1 nitrogen and oxygen atoms in total. The van der Waals surface area contributed by atoms with Crippen molar-refractivity contribution < 1.29 is 39.9 Å². The quantitative estimate of drug-likeness (QED) is 0.125. The van der Waals surface area contributed by atoms with Gasteiger partial charge in [0, 0.05) is 42.2 Å². The fourth-order valence-corrected chi connectivity index (χ4v) is 4.26. The van der Waals surface area contributed by atoms with Gasteiger partial charge in [-0.15, -0.1) is 6.54 Å². The van der Waals surface area contributed by atoms with E-state index in [1.165, 1.54) is 38.2 Å². The van der Waals surface area contributed by atoms with Crippen LogP contribution in [0.25, 0.3) is 11.3 Å².